The maximum absolute atomic E-state index is 12.7. The van der Waals surface area contributed by atoms with E-state index in [1.165, 1.54) is 0 Å². The molecule has 0 spiro atoms. The van der Waals surface area contributed by atoms with Crippen molar-refractivity contribution in [1.29, 1.82) is 0 Å². The molecular formula is C18H29N3O3. The molecule has 1 N–H and O–H groups in total. The summed E-state index contributed by atoms with van der Waals surface area (Å²) in [6.45, 7) is 7.65. The third kappa shape index (κ3) is 4.82. The lowest BCUT2D eigenvalue weighted by Crippen LogP contribution is -2.39. The highest BCUT2D eigenvalue weighted by Gasteiger charge is 2.32. The SMILES string of the molecule is CCCN(CCC)C(=O)C1CCC(C(=O)Nc2cc(C)on2)CC1. The number of nitrogens with one attached hydrogen (secondary N) is 1. The maximum Gasteiger partial charge on any atom is 0.228 e. The number of nitrogens with zero attached hydrogens (tertiary/aromatic N) is 2. The smallest absolute Gasteiger partial charge is 0.228 e. The van der Waals surface area contributed by atoms with E-state index in [-0.39, 0.29) is 23.7 Å². The van der Waals surface area contributed by atoms with Gasteiger partial charge in [0.1, 0.15) is 5.76 Å². The second-order valence-electron chi connectivity index (χ2n) is 6.69. The predicted molar refractivity (Wildman–Crippen MR) is 92.5 cm³/mol. The quantitative estimate of drug-likeness (QED) is 0.829. The zero-order chi connectivity index (χ0) is 17.5. The monoisotopic (exact) mass is 335 g/mol. The van der Waals surface area contributed by atoms with Gasteiger partial charge in [0.2, 0.25) is 11.8 Å². The van der Waals surface area contributed by atoms with Crippen LogP contribution in [0.4, 0.5) is 5.82 Å². The van der Waals surface area contributed by atoms with Crippen molar-refractivity contribution in [2.24, 2.45) is 11.8 Å². The first-order chi connectivity index (χ1) is 11.5. The van der Waals surface area contributed by atoms with Gasteiger partial charge in [0.05, 0.1) is 0 Å². The molecule has 2 rings (SSSR count). The standard InChI is InChI=1S/C18H29N3O3/c1-4-10-21(11-5-2)18(23)15-8-6-14(7-9-15)17(22)19-16-12-13(3)24-20-16/h12,14-15H,4-11H2,1-3H3,(H,19,20,22). The molecule has 0 bridgehead atoms. The van der Waals surface area contributed by atoms with Crippen LogP contribution in [0, 0.1) is 18.8 Å². The lowest BCUT2D eigenvalue weighted by Gasteiger charge is -2.31. The van der Waals surface area contributed by atoms with Crippen molar-refractivity contribution < 1.29 is 14.1 Å². The first kappa shape index (κ1) is 18.5. The first-order valence-electron chi connectivity index (χ1n) is 9.08. The number of amides is 2. The van der Waals surface area contributed by atoms with Gasteiger partial charge in [0.25, 0.3) is 0 Å². The molecule has 0 aliphatic heterocycles. The van der Waals surface area contributed by atoms with Crippen molar-refractivity contribution >= 4 is 17.6 Å². The zero-order valence-electron chi connectivity index (χ0n) is 15.0. The van der Waals surface area contributed by atoms with Gasteiger partial charge in [0.15, 0.2) is 5.82 Å². The number of hydrogen-bond acceptors (Lipinski definition) is 4. The van der Waals surface area contributed by atoms with E-state index in [1.54, 1.807) is 13.0 Å². The Morgan fingerprint density at radius 3 is 2.25 bits per heavy atom. The topological polar surface area (TPSA) is 75.4 Å². The Kier molecular flexibility index (Phi) is 6.82. The maximum atomic E-state index is 12.7. The van der Waals surface area contributed by atoms with Crippen molar-refractivity contribution in [3.63, 3.8) is 0 Å². The van der Waals surface area contributed by atoms with Gasteiger partial charge in [-0.3, -0.25) is 9.59 Å². The minimum absolute atomic E-state index is 0.0202. The first-order valence-corrected chi connectivity index (χ1v) is 9.08. The van der Waals surface area contributed by atoms with E-state index in [0.717, 1.165) is 51.6 Å². The van der Waals surface area contributed by atoms with Gasteiger partial charge in [0, 0.05) is 31.0 Å². The molecule has 1 aromatic rings. The number of hydrogen-bond donors (Lipinski definition) is 1. The van der Waals surface area contributed by atoms with E-state index in [4.69, 9.17) is 4.52 Å². The Morgan fingerprint density at radius 2 is 1.75 bits per heavy atom. The van der Waals surface area contributed by atoms with Crippen molar-refractivity contribution in [3.05, 3.63) is 11.8 Å². The van der Waals surface area contributed by atoms with Crippen molar-refractivity contribution in [1.82, 2.24) is 10.1 Å². The van der Waals surface area contributed by atoms with E-state index < -0.39 is 0 Å². The molecule has 0 aromatic carbocycles. The number of carbonyl (C=O) groups is 2. The summed E-state index contributed by atoms with van der Waals surface area (Å²) in [5, 5.41) is 6.59. The normalized spacial score (nSPS) is 20.6. The van der Waals surface area contributed by atoms with Crippen LogP contribution in [0.25, 0.3) is 0 Å². The van der Waals surface area contributed by atoms with Gasteiger partial charge < -0.3 is 14.7 Å². The zero-order valence-corrected chi connectivity index (χ0v) is 15.0. The van der Waals surface area contributed by atoms with Crippen LogP contribution in [0.1, 0.15) is 58.1 Å². The summed E-state index contributed by atoms with van der Waals surface area (Å²) in [4.78, 5) is 26.9. The number of aryl methyl sites for hydroxylation is 1. The molecule has 6 heteroatoms. The summed E-state index contributed by atoms with van der Waals surface area (Å²) in [7, 11) is 0. The summed E-state index contributed by atoms with van der Waals surface area (Å²) in [6, 6.07) is 1.71. The molecule has 1 aliphatic rings. The van der Waals surface area contributed by atoms with Crippen LogP contribution in [0.15, 0.2) is 10.6 Å². The summed E-state index contributed by atoms with van der Waals surface area (Å²) in [5.41, 5.74) is 0. The molecular weight excluding hydrogens is 306 g/mol. The highest BCUT2D eigenvalue weighted by Crippen LogP contribution is 2.31. The third-order valence-electron chi connectivity index (χ3n) is 4.63. The Morgan fingerprint density at radius 1 is 1.17 bits per heavy atom. The van der Waals surface area contributed by atoms with E-state index in [0.29, 0.717) is 11.6 Å². The lowest BCUT2D eigenvalue weighted by atomic mass is 9.81. The lowest BCUT2D eigenvalue weighted by molar-refractivity contribution is -0.138. The fourth-order valence-electron chi connectivity index (χ4n) is 3.39. The average Bonchev–Trinajstić information content (AvgIpc) is 2.99. The molecule has 0 unspecified atom stereocenters. The van der Waals surface area contributed by atoms with Crippen molar-refractivity contribution in [2.75, 3.05) is 18.4 Å². The fourth-order valence-corrected chi connectivity index (χ4v) is 3.39. The van der Waals surface area contributed by atoms with Crippen molar-refractivity contribution in [3.8, 4) is 0 Å². The minimum atomic E-state index is -0.0446. The number of carbonyl (C=O) groups excluding carboxylic acids is 2. The second-order valence-corrected chi connectivity index (χ2v) is 6.69. The van der Waals surface area contributed by atoms with Gasteiger partial charge in [-0.15, -0.1) is 0 Å². The van der Waals surface area contributed by atoms with E-state index in [1.807, 2.05) is 4.90 Å². The average molecular weight is 335 g/mol. The summed E-state index contributed by atoms with van der Waals surface area (Å²) < 4.78 is 4.96. The summed E-state index contributed by atoms with van der Waals surface area (Å²) in [5.74, 6) is 1.41. The van der Waals surface area contributed by atoms with E-state index >= 15 is 0 Å². The Balaban J connectivity index is 1.83. The summed E-state index contributed by atoms with van der Waals surface area (Å²) in [6.07, 6.45) is 5.06. The predicted octanol–water partition coefficient (Wildman–Crippen LogP) is 3.38. The Labute approximate surface area is 143 Å². The molecule has 1 aliphatic carbocycles. The number of rotatable bonds is 7. The number of aromatic nitrogens is 1. The minimum Gasteiger partial charge on any atom is -0.360 e. The molecule has 24 heavy (non-hydrogen) atoms. The second kappa shape index (κ2) is 8.85. The van der Waals surface area contributed by atoms with E-state index in [9.17, 15) is 9.59 Å². The largest absolute Gasteiger partial charge is 0.360 e. The Bertz CT molecular complexity index is 541. The van der Waals surface area contributed by atoms with Crippen molar-refractivity contribution in [2.45, 2.75) is 59.3 Å². The van der Waals surface area contributed by atoms with Gasteiger partial charge in [-0.2, -0.15) is 0 Å². The van der Waals surface area contributed by atoms with Crippen LogP contribution < -0.4 is 5.32 Å². The molecule has 1 fully saturated rings. The molecule has 6 nitrogen and oxygen atoms in total. The molecule has 1 saturated carbocycles. The molecule has 134 valence electrons. The van der Waals surface area contributed by atoms with Crippen LogP contribution >= 0.6 is 0 Å². The molecule has 2 amide bonds. The fraction of sp³-hybridized carbons (Fsp3) is 0.722. The van der Waals surface area contributed by atoms with E-state index in [2.05, 4.69) is 24.3 Å². The molecule has 0 atom stereocenters. The molecule has 0 saturated heterocycles. The van der Waals surface area contributed by atoms with Crippen LogP contribution in [0.3, 0.4) is 0 Å². The van der Waals surface area contributed by atoms with Gasteiger partial charge in [-0.1, -0.05) is 19.0 Å². The van der Waals surface area contributed by atoms with Gasteiger partial charge in [-0.05, 0) is 45.4 Å². The highest BCUT2D eigenvalue weighted by molar-refractivity contribution is 5.91. The number of anilines is 1. The van der Waals surface area contributed by atoms with Gasteiger partial charge in [-0.25, -0.2) is 0 Å². The highest BCUT2D eigenvalue weighted by atomic mass is 16.5. The molecule has 1 heterocycles. The third-order valence-corrected chi connectivity index (χ3v) is 4.63. The van der Waals surface area contributed by atoms with Crippen LogP contribution in [-0.2, 0) is 9.59 Å². The van der Waals surface area contributed by atoms with Crippen LogP contribution in [0.2, 0.25) is 0 Å². The molecule has 0 radical (unpaired) electrons. The Hall–Kier alpha value is -1.85. The van der Waals surface area contributed by atoms with Crippen LogP contribution in [-0.4, -0.2) is 35.0 Å². The van der Waals surface area contributed by atoms with Gasteiger partial charge >= 0.3 is 0 Å². The van der Waals surface area contributed by atoms with Crippen LogP contribution in [0.5, 0.6) is 0 Å². The molecule has 1 aromatic heterocycles. The summed E-state index contributed by atoms with van der Waals surface area (Å²) >= 11 is 0.